The van der Waals surface area contributed by atoms with Crippen LogP contribution in [0.5, 0.6) is 0 Å². The molecule has 2 aromatic rings. The van der Waals surface area contributed by atoms with Gasteiger partial charge in [0.05, 0.1) is 6.61 Å². The molecule has 1 N–H and O–H groups in total. The molecule has 0 unspecified atom stereocenters. The predicted octanol–water partition coefficient (Wildman–Crippen LogP) is 2.96. The number of carbonyl (C=O) groups excluding carboxylic acids is 1. The SMILES string of the molecule is O=C(NCCCOCCBr)c1cc2ccccc2o1. The zero-order chi connectivity index (χ0) is 13.5. The molecule has 0 atom stereocenters. The van der Waals surface area contributed by atoms with Crippen LogP contribution in [-0.4, -0.2) is 31.0 Å². The fraction of sp³-hybridized carbons (Fsp3) is 0.357. The van der Waals surface area contributed by atoms with Crippen molar-refractivity contribution in [1.82, 2.24) is 5.32 Å². The van der Waals surface area contributed by atoms with Gasteiger partial charge in [0, 0.05) is 23.9 Å². The van der Waals surface area contributed by atoms with Gasteiger partial charge in [0.1, 0.15) is 5.58 Å². The summed E-state index contributed by atoms with van der Waals surface area (Å²) >= 11 is 3.28. The van der Waals surface area contributed by atoms with Crippen LogP contribution in [0, 0.1) is 0 Å². The fourth-order valence-corrected chi connectivity index (χ4v) is 1.94. The number of fused-ring (bicyclic) bond motifs is 1. The minimum Gasteiger partial charge on any atom is -0.451 e. The predicted molar refractivity (Wildman–Crippen MR) is 77.8 cm³/mol. The van der Waals surface area contributed by atoms with E-state index in [0.29, 0.717) is 25.5 Å². The molecule has 0 aliphatic rings. The van der Waals surface area contributed by atoms with E-state index < -0.39 is 0 Å². The number of hydrogen-bond donors (Lipinski definition) is 1. The minimum absolute atomic E-state index is 0.184. The van der Waals surface area contributed by atoms with E-state index in [-0.39, 0.29) is 5.91 Å². The summed E-state index contributed by atoms with van der Waals surface area (Å²) in [6, 6.07) is 9.32. The molecule has 19 heavy (non-hydrogen) atoms. The van der Waals surface area contributed by atoms with Crippen LogP contribution in [0.2, 0.25) is 0 Å². The maximum atomic E-state index is 11.8. The second-order valence-electron chi connectivity index (χ2n) is 4.06. The summed E-state index contributed by atoms with van der Waals surface area (Å²) in [5, 5.41) is 4.58. The molecule has 1 aromatic carbocycles. The number of carbonyl (C=O) groups is 1. The Kier molecular flexibility index (Phi) is 5.42. The lowest BCUT2D eigenvalue weighted by Crippen LogP contribution is -2.24. The molecule has 0 saturated heterocycles. The Morgan fingerprint density at radius 2 is 2.16 bits per heavy atom. The normalized spacial score (nSPS) is 10.8. The topological polar surface area (TPSA) is 51.5 Å². The molecule has 1 heterocycles. The number of nitrogens with one attached hydrogen (secondary N) is 1. The van der Waals surface area contributed by atoms with E-state index in [4.69, 9.17) is 9.15 Å². The van der Waals surface area contributed by atoms with E-state index in [1.165, 1.54) is 0 Å². The number of para-hydroxylation sites is 1. The van der Waals surface area contributed by atoms with Gasteiger partial charge < -0.3 is 14.5 Å². The van der Waals surface area contributed by atoms with Crippen molar-refractivity contribution < 1.29 is 13.9 Å². The summed E-state index contributed by atoms with van der Waals surface area (Å²) in [7, 11) is 0. The third kappa shape index (κ3) is 4.08. The maximum absolute atomic E-state index is 11.8. The van der Waals surface area contributed by atoms with Gasteiger partial charge in [0.2, 0.25) is 0 Å². The van der Waals surface area contributed by atoms with Gasteiger partial charge in [0.25, 0.3) is 5.91 Å². The second kappa shape index (κ2) is 7.31. The Morgan fingerprint density at radius 1 is 1.32 bits per heavy atom. The molecule has 0 fully saturated rings. The van der Waals surface area contributed by atoms with E-state index >= 15 is 0 Å². The molecular formula is C14H16BrNO3. The van der Waals surface area contributed by atoms with Crippen LogP contribution >= 0.6 is 15.9 Å². The third-order valence-electron chi connectivity index (χ3n) is 2.62. The van der Waals surface area contributed by atoms with E-state index in [0.717, 1.165) is 22.7 Å². The van der Waals surface area contributed by atoms with Gasteiger partial charge in [-0.1, -0.05) is 34.1 Å². The van der Waals surface area contributed by atoms with E-state index in [1.54, 1.807) is 6.07 Å². The molecule has 5 heteroatoms. The molecule has 1 amide bonds. The highest BCUT2D eigenvalue weighted by Crippen LogP contribution is 2.18. The van der Waals surface area contributed by atoms with Crippen molar-refractivity contribution in [2.24, 2.45) is 0 Å². The van der Waals surface area contributed by atoms with Gasteiger partial charge in [-0.15, -0.1) is 0 Å². The minimum atomic E-state index is -0.184. The van der Waals surface area contributed by atoms with Crippen molar-refractivity contribution in [1.29, 1.82) is 0 Å². The number of alkyl halides is 1. The average Bonchev–Trinajstić information content (AvgIpc) is 2.86. The number of furan rings is 1. The standard InChI is InChI=1S/C14H16BrNO3/c15-6-9-18-8-3-7-16-14(17)13-10-11-4-1-2-5-12(11)19-13/h1-2,4-5,10H,3,6-9H2,(H,16,17). The maximum Gasteiger partial charge on any atom is 0.287 e. The van der Waals surface area contributed by atoms with Crippen LogP contribution in [0.25, 0.3) is 11.0 Å². The number of amides is 1. The smallest absolute Gasteiger partial charge is 0.287 e. The zero-order valence-electron chi connectivity index (χ0n) is 10.5. The highest BCUT2D eigenvalue weighted by molar-refractivity contribution is 9.09. The summed E-state index contributed by atoms with van der Waals surface area (Å²) in [5.41, 5.74) is 0.730. The summed E-state index contributed by atoms with van der Waals surface area (Å²) in [5.74, 6) is 0.166. The van der Waals surface area contributed by atoms with Gasteiger partial charge in [-0.05, 0) is 18.6 Å². The first-order chi connectivity index (χ1) is 9.31. The highest BCUT2D eigenvalue weighted by Gasteiger charge is 2.10. The molecule has 1 aromatic heterocycles. The van der Waals surface area contributed by atoms with Crippen LogP contribution in [0.4, 0.5) is 0 Å². The van der Waals surface area contributed by atoms with Crippen LogP contribution < -0.4 is 5.32 Å². The summed E-state index contributed by atoms with van der Waals surface area (Å²) in [4.78, 5) is 11.8. The van der Waals surface area contributed by atoms with Crippen molar-refractivity contribution in [2.75, 3.05) is 25.1 Å². The summed E-state index contributed by atoms with van der Waals surface area (Å²) in [6.45, 7) is 1.92. The van der Waals surface area contributed by atoms with Gasteiger partial charge in [-0.3, -0.25) is 4.79 Å². The van der Waals surface area contributed by atoms with Crippen molar-refractivity contribution in [2.45, 2.75) is 6.42 Å². The lowest BCUT2D eigenvalue weighted by Gasteiger charge is -2.03. The van der Waals surface area contributed by atoms with Crippen LogP contribution in [0.3, 0.4) is 0 Å². The summed E-state index contributed by atoms with van der Waals surface area (Å²) < 4.78 is 10.8. The second-order valence-corrected chi connectivity index (χ2v) is 4.85. The van der Waals surface area contributed by atoms with E-state index in [9.17, 15) is 4.79 Å². The Bertz CT molecular complexity index is 505. The molecule has 2 rings (SSSR count). The first-order valence-electron chi connectivity index (χ1n) is 6.22. The number of benzene rings is 1. The fourth-order valence-electron chi connectivity index (χ4n) is 1.71. The number of rotatable bonds is 7. The van der Waals surface area contributed by atoms with Crippen LogP contribution in [0.15, 0.2) is 34.7 Å². The van der Waals surface area contributed by atoms with Crippen molar-refractivity contribution in [3.05, 3.63) is 36.1 Å². The van der Waals surface area contributed by atoms with Gasteiger partial charge >= 0.3 is 0 Å². The quantitative estimate of drug-likeness (QED) is 0.629. The van der Waals surface area contributed by atoms with Crippen LogP contribution in [0.1, 0.15) is 17.0 Å². The number of hydrogen-bond acceptors (Lipinski definition) is 3. The molecule has 0 saturated carbocycles. The molecule has 0 aliphatic heterocycles. The Morgan fingerprint density at radius 3 is 2.95 bits per heavy atom. The summed E-state index contributed by atoms with van der Waals surface area (Å²) in [6.07, 6.45) is 0.791. The lowest BCUT2D eigenvalue weighted by molar-refractivity contribution is 0.0919. The Balaban J connectivity index is 1.79. The lowest BCUT2D eigenvalue weighted by atomic mass is 10.2. The molecular weight excluding hydrogens is 310 g/mol. The third-order valence-corrected chi connectivity index (χ3v) is 2.95. The van der Waals surface area contributed by atoms with Gasteiger partial charge in [-0.2, -0.15) is 0 Å². The molecule has 0 aliphatic carbocycles. The first kappa shape index (κ1) is 14.1. The molecule has 0 bridgehead atoms. The molecule has 0 radical (unpaired) electrons. The first-order valence-corrected chi connectivity index (χ1v) is 7.34. The Labute approximate surface area is 120 Å². The highest BCUT2D eigenvalue weighted by atomic mass is 79.9. The zero-order valence-corrected chi connectivity index (χ0v) is 12.1. The van der Waals surface area contributed by atoms with Crippen molar-refractivity contribution in [3.8, 4) is 0 Å². The number of halogens is 1. The number of ether oxygens (including phenoxy) is 1. The van der Waals surface area contributed by atoms with E-state index in [2.05, 4.69) is 21.2 Å². The molecule has 102 valence electrons. The monoisotopic (exact) mass is 325 g/mol. The Hall–Kier alpha value is -1.33. The van der Waals surface area contributed by atoms with Crippen LogP contribution in [-0.2, 0) is 4.74 Å². The molecule has 4 nitrogen and oxygen atoms in total. The van der Waals surface area contributed by atoms with Crippen molar-refractivity contribution >= 4 is 32.8 Å². The largest absolute Gasteiger partial charge is 0.451 e. The van der Waals surface area contributed by atoms with E-state index in [1.807, 2.05) is 24.3 Å². The van der Waals surface area contributed by atoms with Crippen molar-refractivity contribution in [3.63, 3.8) is 0 Å². The van der Waals surface area contributed by atoms with Gasteiger partial charge in [0.15, 0.2) is 5.76 Å². The average molecular weight is 326 g/mol. The molecule has 0 spiro atoms. The van der Waals surface area contributed by atoms with Gasteiger partial charge in [-0.25, -0.2) is 0 Å².